The summed E-state index contributed by atoms with van der Waals surface area (Å²) >= 11 is 0. The highest BCUT2D eigenvalue weighted by Crippen LogP contribution is 2.37. The monoisotopic (exact) mass is 350 g/mol. The smallest absolute Gasteiger partial charge is 0.145 e. The third kappa shape index (κ3) is 2.48. The Balaban J connectivity index is 1.47. The van der Waals surface area contributed by atoms with Crippen molar-refractivity contribution in [3.8, 4) is 0 Å². The van der Waals surface area contributed by atoms with Crippen LogP contribution in [0.3, 0.4) is 0 Å². The summed E-state index contributed by atoms with van der Waals surface area (Å²) in [4.78, 5) is 8.94. The molecule has 26 heavy (non-hydrogen) atoms. The average molecular weight is 350 g/mol. The Labute approximate surface area is 151 Å². The van der Waals surface area contributed by atoms with Crippen molar-refractivity contribution in [2.75, 3.05) is 5.32 Å². The van der Waals surface area contributed by atoms with Crippen molar-refractivity contribution < 1.29 is 10.2 Å². The number of fused-ring (bicyclic) bond motifs is 2. The molecule has 5 rings (SSSR count). The number of nitrogens with one attached hydrogen (secondary N) is 1. The molecule has 0 saturated heterocycles. The molecule has 2 unspecified atom stereocenters. The second-order valence-electron chi connectivity index (χ2n) is 7.38. The Hall–Kier alpha value is -2.44. The van der Waals surface area contributed by atoms with Gasteiger partial charge in [0.1, 0.15) is 17.8 Å². The highest BCUT2D eigenvalue weighted by molar-refractivity contribution is 5.87. The zero-order valence-electron chi connectivity index (χ0n) is 14.4. The maximum atomic E-state index is 9.87. The summed E-state index contributed by atoms with van der Waals surface area (Å²) in [5.41, 5.74) is 3.60. The summed E-state index contributed by atoms with van der Waals surface area (Å²) in [6.45, 7) is 0. The van der Waals surface area contributed by atoms with Crippen LogP contribution in [-0.2, 0) is 6.42 Å². The molecule has 3 atom stereocenters. The van der Waals surface area contributed by atoms with Gasteiger partial charge in [0.25, 0.3) is 0 Å². The Kier molecular flexibility index (Phi) is 3.69. The molecule has 2 aliphatic rings. The number of hydrogen-bond acceptors (Lipinski definition) is 5. The van der Waals surface area contributed by atoms with Crippen LogP contribution in [0.2, 0.25) is 0 Å². The molecular formula is C20H22N4O2. The van der Waals surface area contributed by atoms with Gasteiger partial charge in [0, 0.05) is 12.2 Å². The van der Waals surface area contributed by atoms with Crippen LogP contribution in [0.4, 0.5) is 5.82 Å². The maximum Gasteiger partial charge on any atom is 0.145 e. The highest BCUT2D eigenvalue weighted by atomic mass is 16.3. The molecule has 2 aliphatic carbocycles. The van der Waals surface area contributed by atoms with Crippen molar-refractivity contribution in [1.82, 2.24) is 14.5 Å². The Morgan fingerprint density at radius 2 is 1.85 bits per heavy atom. The van der Waals surface area contributed by atoms with E-state index in [9.17, 15) is 10.2 Å². The lowest BCUT2D eigenvalue weighted by Gasteiger charge is -2.16. The highest BCUT2D eigenvalue weighted by Gasteiger charge is 2.33. The van der Waals surface area contributed by atoms with E-state index in [0.717, 1.165) is 29.7 Å². The number of anilines is 1. The number of hydrogen-bond donors (Lipinski definition) is 3. The normalized spacial score (nSPS) is 27.8. The van der Waals surface area contributed by atoms with Crippen LogP contribution in [0.25, 0.3) is 11.0 Å². The van der Waals surface area contributed by atoms with Gasteiger partial charge in [-0.1, -0.05) is 24.3 Å². The van der Waals surface area contributed by atoms with E-state index in [1.807, 2.05) is 12.3 Å². The number of aryl methyl sites for hydroxylation is 1. The molecule has 3 aromatic rings. The van der Waals surface area contributed by atoms with Crippen LogP contribution in [0, 0.1) is 0 Å². The molecular weight excluding hydrogens is 328 g/mol. The minimum atomic E-state index is -0.660. The first-order valence-corrected chi connectivity index (χ1v) is 9.22. The van der Waals surface area contributed by atoms with Crippen LogP contribution < -0.4 is 5.32 Å². The van der Waals surface area contributed by atoms with E-state index in [4.69, 9.17) is 0 Å². The molecule has 0 radical (unpaired) electrons. The zero-order valence-corrected chi connectivity index (χ0v) is 14.4. The van der Waals surface area contributed by atoms with Crippen LogP contribution >= 0.6 is 0 Å². The lowest BCUT2D eigenvalue weighted by atomic mass is 10.1. The van der Waals surface area contributed by atoms with E-state index in [1.54, 1.807) is 6.33 Å². The first-order valence-electron chi connectivity index (χ1n) is 9.22. The first-order chi connectivity index (χ1) is 12.7. The first kappa shape index (κ1) is 15.8. The number of benzene rings is 1. The van der Waals surface area contributed by atoms with Crippen LogP contribution in [0.1, 0.15) is 42.5 Å². The van der Waals surface area contributed by atoms with Gasteiger partial charge in [-0.15, -0.1) is 0 Å². The number of rotatable bonds is 3. The largest absolute Gasteiger partial charge is 0.390 e. The van der Waals surface area contributed by atoms with Gasteiger partial charge in [-0.25, -0.2) is 9.97 Å². The van der Waals surface area contributed by atoms with Gasteiger partial charge < -0.3 is 20.1 Å². The standard InChI is InChI=1S/C20H22N4O2/c25-17-9-13(10-18(17)26)24-8-7-15-19(21-11-22-20(15)24)23-16-6-5-12-3-1-2-4-14(12)16/h1-4,7-8,11,13,16-18,25-26H,5-6,9-10H2,(H,21,22,23)/t13?,16-,17?,18?/m0/s1. The molecule has 1 aromatic carbocycles. The minimum absolute atomic E-state index is 0.0625. The Morgan fingerprint density at radius 1 is 1.04 bits per heavy atom. The van der Waals surface area contributed by atoms with Crippen molar-refractivity contribution in [3.63, 3.8) is 0 Å². The molecule has 1 saturated carbocycles. The number of aliphatic hydroxyl groups excluding tert-OH is 2. The SMILES string of the molecule is OC1CC(n2ccc3c(N[C@H]4CCc5ccccc54)ncnc32)CC1O. The van der Waals surface area contributed by atoms with E-state index < -0.39 is 12.2 Å². The predicted molar refractivity (Wildman–Crippen MR) is 98.9 cm³/mol. The molecule has 3 N–H and O–H groups in total. The van der Waals surface area contributed by atoms with E-state index in [2.05, 4.69) is 44.1 Å². The zero-order chi connectivity index (χ0) is 17.7. The molecule has 6 nitrogen and oxygen atoms in total. The molecule has 0 bridgehead atoms. The molecule has 134 valence electrons. The maximum absolute atomic E-state index is 9.87. The third-order valence-corrected chi connectivity index (χ3v) is 5.82. The fraction of sp³-hybridized carbons (Fsp3) is 0.400. The van der Waals surface area contributed by atoms with Crippen molar-refractivity contribution in [3.05, 3.63) is 54.0 Å². The molecule has 1 fully saturated rings. The quantitative estimate of drug-likeness (QED) is 0.676. The van der Waals surface area contributed by atoms with Gasteiger partial charge in [-0.05, 0) is 42.9 Å². The molecule has 0 amide bonds. The number of aromatic nitrogens is 3. The molecule has 0 aliphatic heterocycles. The van der Waals surface area contributed by atoms with Crippen LogP contribution in [0.5, 0.6) is 0 Å². The van der Waals surface area contributed by atoms with Gasteiger partial charge in [-0.3, -0.25) is 0 Å². The van der Waals surface area contributed by atoms with Crippen molar-refractivity contribution in [2.45, 2.75) is 50.0 Å². The van der Waals surface area contributed by atoms with Gasteiger partial charge in [0.05, 0.1) is 23.6 Å². The van der Waals surface area contributed by atoms with E-state index in [-0.39, 0.29) is 12.1 Å². The summed E-state index contributed by atoms with van der Waals surface area (Å²) < 4.78 is 2.06. The topological polar surface area (TPSA) is 83.2 Å². The summed E-state index contributed by atoms with van der Waals surface area (Å²) in [6.07, 6.45) is 5.50. The van der Waals surface area contributed by atoms with Crippen molar-refractivity contribution >= 4 is 16.9 Å². The summed E-state index contributed by atoms with van der Waals surface area (Å²) in [7, 11) is 0. The summed E-state index contributed by atoms with van der Waals surface area (Å²) in [5.74, 6) is 0.842. The minimum Gasteiger partial charge on any atom is -0.390 e. The second-order valence-corrected chi connectivity index (χ2v) is 7.38. The lowest BCUT2D eigenvalue weighted by molar-refractivity contribution is 0.0438. The molecule has 6 heteroatoms. The third-order valence-electron chi connectivity index (χ3n) is 5.82. The van der Waals surface area contributed by atoms with E-state index in [0.29, 0.717) is 12.8 Å². The van der Waals surface area contributed by atoms with Crippen LogP contribution in [0.15, 0.2) is 42.9 Å². The van der Waals surface area contributed by atoms with Crippen molar-refractivity contribution in [2.24, 2.45) is 0 Å². The van der Waals surface area contributed by atoms with Gasteiger partial charge in [0.15, 0.2) is 0 Å². The van der Waals surface area contributed by atoms with Crippen LogP contribution in [-0.4, -0.2) is 37.0 Å². The predicted octanol–water partition coefficient (Wildman–Crippen LogP) is 2.59. The molecule has 2 aromatic heterocycles. The molecule has 0 spiro atoms. The average Bonchev–Trinajstić information content (AvgIpc) is 3.34. The number of aliphatic hydroxyl groups is 2. The number of nitrogens with zero attached hydrogens (tertiary/aromatic N) is 3. The Bertz CT molecular complexity index is 944. The molecule has 2 heterocycles. The van der Waals surface area contributed by atoms with Gasteiger partial charge >= 0.3 is 0 Å². The lowest BCUT2D eigenvalue weighted by Crippen LogP contribution is -2.17. The second kappa shape index (κ2) is 6.07. The van der Waals surface area contributed by atoms with E-state index >= 15 is 0 Å². The van der Waals surface area contributed by atoms with E-state index in [1.165, 1.54) is 11.1 Å². The fourth-order valence-electron chi connectivity index (χ4n) is 4.45. The summed E-state index contributed by atoms with van der Waals surface area (Å²) in [6, 6.07) is 10.9. The Morgan fingerprint density at radius 3 is 2.69 bits per heavy atom. The summed E-state index contributed by atoms with van der Waals surface area (Å²) in [5, 5.41) is 24.3. The van der Waals surface area contributed by atoms with Crippen molar-refractivity contribution in [1.29, 1.82) is 0 Å². The fourth-order valence-corrected chi connectivity index (χ4v) is 4.45. The van der Waals surface area contributed by atoms with Gasteiger partial charge in [-0.2, -0.15) is 0 Å². The van der Waals surface area contributed by atoms with Gasteiger partial charge in [0.2, 0.25) is 0 Å².